The lowest BCUT2D eigenvalue weighted by atomic mass is 10.0. The van der Waals surface area contributed by atoms with Crippen LogP contribution in [0.2, 0.25) is 0 Å². The highest BCUT2D eigenvalue weighted by Crippen LogP contribution is 2.16. The summed E-state index contributed by atoms with van der Waals surface area (Å²) in [4.78, 5) is 2.48. The minimum Gasteiger partial charge on any atom is -0.324 e. The SMILES string of the molecule is CC(C)N(CCC(N)c1ccccc1)Cc1ccccc1. The molecule has 0 aromatic heterocycles. The van der Waals surface area contributed by atoms with Gasteiger partial charge in [-0.15, -0.1) is 0 Å². The Labute approximate surface area is 128 Å². The molecule has 0 fully saturated rings. The van der Waals surface area contributed by atoms with Gasteiger partial charge in [0.2, 0.25) is 0 Å². The van der Waals surface area contributed by atoms with Crippen LogP contribution in [0.5, 0.6) is 0 Å². The van der Waals surface area contributed by atoms with Crippen LogP contribution < -0.4 is 5.73 Å². The van der Waals surface area contributed by atoms with Gasteiger partial charge in [0.1, 0.15) is 0 Å². The highest BCUT2D eigenvalue weighted by atomic mass is 15.1. The predicted molar refractivity (Wildman–Crippen MR) is 90.0 cm³/mol. The predicted octanol–water partition coefficient (Wildman–Crippen LogP) is 3.99. The van der Waals surface area contributed by atoms with Gasteiger partial charge in [-0.1, -0.05) is 60.7 Å². The first-order valence-corrected chi connectivity index (χ1v) is 7.75. The third-order valence-electron chi connectivity index (χ3n) is 3.91. The molecule has 0 radical (unpaired) electrons. The van der Waals surface area contributed by atoms with Crippen LogP contribution in [-0.2, 0) is 6.54 Å². The second kappa shape index (κ2) is 7.96. The molecule has 2 aromatic carbocycles. The van der Waals surface area contributed by atoms with E-state index >= 15 is 0 Å². The summed E-state index contributed by atoms with van der Waals surface area (Å²) < 4.78 is 0. The topological polar surface area (TPSA) is 29.3 Å². The second-order valence-corrected chi connectivity index (χ2v) is 5.86. The molecule has 1 unspecified atom stereocenters. The molecule has 21 heavy (non-hydrogen) atoms. The van der Waals surface area contributed by atoms with Crippen molar-refractivity contribution in [1.29, 1.82) is 0 Å². The van der Waals surface area contributed by atoms with E-state index in [1.807, 2.05) is 6.07 Å². The zero-order valence-corrected chi connectivity index (χ0v) is 13.1. The zero-order valence-electron chi connectivity index (χ0n) is 13.1. The van der Waals surface area contributed by atoms with Crippen LogP contribution in [-0.4, -0.2) is 17.5 Å². The van der Waals surface area contributed by atoms with Crippen LogP contribution >= 0.6 is 0 Å². The van der Waals surface area contributed by atoms with E-state index in [4.69, 9.17) is 5.73 Å². The van der Waals surface area contributed by atoms with Gasteiger partial charge in [-0.3, -0.25) is 4.90 Å². The van der Waals surface area contributed by atoms with Crippen molar-refractivity contribution in [3.8, 4) is 0 Å². The van der Waals surface area contributed by atoms with E-state index in [9.17, 15) is 0 Å². The quantitative estimate of drug-likeness (QED) is 0.832. The molecule has 0 heterocycles. The molecule has 2 heteroatoms. The fraction of sp³-hybridized carbons (Fsp3) is 0.368. The fourth-order valence-electron chi connectivity index (χ4n) is 2.51. The van der Waals surface area contributed by atoms with E-state index in [0.29, 0.717) is 6.04 Å². The largest absolute Gasteiger partial charge is 0.324 e. The van der Waals surface area contributed by atoms with E-state index in [2.05, 4.69) is 73.3 Å². The summed E-state index contributed by atoms with van der Waals surface area (Å²) in [6.07, 6.45) is 0.981. The number of rotatable bonds is 7. The molecule has 0 amide bonds. The lowest BCUT2D eigenvalue weighted by molar-refractivity contribution is 0.205. The van der Waals surface area contributed by atoms with Gasteiger partial charge in [0.15, 0.2) is 0 Å². The Morgan fingerprint density at radius 1 is 0.905 bits per heavy atom. The van der Waals surface area contributed by atoms with Crippen molar-refractivity contribution < 1.29 is 0 Å². The van der Waals surface area contributed by atoms with E-state index in [-0.39, 0.29) is 6.04 Å². The fourth-order valence-corrected chi connectivity index (χ4v) is 2.51. The molecule has 0 aliphatic rings. The van der Waals surface area contributed by atoms with Crippen LogP contribution in [0.1, 0.15) is 37.4 Å². The highest BCUT2D eigenvalue weighted by Gasteiger charge is 2.13. The number of nitrogens with two attached hydrogens (primary N) is 1. The van der Waals surface area contributed by atoms with Crippen molar-refractivity contribution in [2.45, 2.75) is 38.9 Å². The van der Waals surface area contributed by atoms with Crippen molar-refractivity contribution in [1.82, 2.24) is 4.90 Å². The Morgan fingerprint density at radius 2 is 1.48 bits per heavy atom. The lowest BCUT2D eigenvalue weighted by Gasteiger charge is -2.28. The Balaban J connectivity index is 1.91. The zero-order chi connectivity index (χ0) is 15.1. The molecular weight excluding hydrogens is 256 g/mol. The van der Waals surface area contributed by atoms with E-state index < -0.39 is 0 Å². The summed E-state index contributed by atoms with van der Waals surface area (Å²) in [7, 11) is 0. The minimum atomic E-state index is 0.114. The van der Waals surface area contributed by atoms with E-state index in [1.165, 1.54) is 11.1 Å². The average Bonchev–Trinajstić information content (AvgIpc) is 2.52. The summed E-state index contributed by atoms with van der Waals surface area (Å²) in [6.45, 7) is 6.50. The molecule has 0 saturated heterocycles. The maximum Gasteiger partial charge on any atom is 0.0307 e. The number of hydrogen-bond donors (Lipinski definition) is 1. The summed E-state index contributed by atoms with van der Waals surface area (Å²) in [5.74, 6) is 0. The third-order valence-corrected chi connectivity index (χ3v) is 3.91. The van der Waals surface area contributed by atoms with Crippen LogP contribution in [0.4, 0.5) is 0 Å². The standard InChI is InChI=1S/C19H26N2/c1-16(2)21(15-17-9-5-3-6-10-17)14-13-19(20)18-11-7-4-8-12-18/h3-12,16,19H,13-15,20H2,1-2H3. The van der Waals surface area contributed by atoms with Gasteiger partial charge in [-0.05, 0) is 31.4 Å². The first-order valence-electron chi connectivity index (χ1n) is 7.75. The van der Waals surface area contributed by atoms with Crippen LogP contribution in [0.25, 0.3) is 0 Å². The first kappa shape index (κ1) is 15.7. The van der Waals surface area contributed by atoms with Gasteiger partial charge >= 0.3 is 0 Å². The van der Waals surface area contributed by atoms with E-state index in [1.54, 1.807) is 0 Å². The highest BCUT2D eigenvalue weighted by molar-refractivity contribution is 5.18. The molecule has 2 N–H and O–H groups in total. The molecule has 0 aliphatic carbocycles. The van der Waals surface area contributed by atoms with Gasteiger partial charge in [-0.2, -0.15) is 0 Å². The lowest BCUT2D eigenvalue weighted by Crippen LogP contribution is -2.33. The van der Waals surface area contributed by atoms with E-state index in [0.717, 1.165) is 19.5 Å². The van der Waals surface area contributed by atoms with Gasteiger partial charge in [0.05, 0.1) is 0 Å². The van der Waals surface area contributed by atoms with Crippen molar-refractivity contribution in [2.75, 3.05) is 6.54 Å². The van der Waals surface area contributed by atoms with Crippen molar-refractivity contribution in [3.63, 3.8) is 0 Å². The normalized spacial score (nSPS) is 12.8. The van der Waals surface area contributed by atoms with Crippen LogP contribution in [0.15, 0.2) is 60.7 Å². The first-order chi connectivity index (χ1) is 10.2. The van der Waals surface area contributed by atoms with Gasteiger partial charge in [-0.25, -0.2) is 0 Å². The average molecular weight is 282 g/mol. The summed E-state index contributed by atoms with van der Waals surface area (Å²) in [6, 6.07) is 21.6. The van der Waals surface area contributed by atoms with Gasteiger partial charge < -0.3 is 5.73 Å². The summed E-state index contributed by atoms with van der Waals surface area (Å²) in [5.41, 5.74) is 8.89. The summed E-state index contributed by atoms with van der Waals surface area (Å²) >= 11 is 0. The number of benzene rings is 2. The number of nitrogens with zero attached hydrogens (tertiary/aromatic N) is 1. The van der Waals surface area contributed by atoms with Crippen molar-refractivity contribution in [2.24, 2.45) is 5.73 Å². The molecule has 2 rings (SSSR count). The molecule has 2 nitrogen and oxygen atoms in total. The van der Waals surface area contributed by atoms with Crippen molar-refractivity contribution >= 4 is 0 Å². The second-order valence-electron chi connectivity index (χ2n) is 5.86. The molecule has 0 bridgehead atoms. The van der Waals surface area contributed by atoms with Gasteiger partial charge in [0.25, 0.3) is 0 Å². The summed E-state index contributed by atoms with van der Waals surface area (Å²) in [5, 5.41) is 0. The minimum absolute atomic E-state index is 0.114. The number of hydrogen-bond acceptors (Lipinski definition) is 2. The van der Waals surface area contributed by atoms with Crippen LogP contribution in [0.3, 0.4) is 0 Å². The monoisotopic (exact) mass is 282 g/mol. The molecule has 2 aromatic rings. The molecule has 0 spiro atoms. The Kier molecular flexibility index (Phi) is 5.97. The molecular formula is C19H26N2. The third kappa shape index (κ3) is 5.00. The maximum absolute atomic E-state index is 6.31. The van der Waals surface area contributed by atoms with Gasteiger partial charge in [0, 0.05) is 25.2 Å². The van der Waals surface area contributed by atoms with Crippen molar-refractivity contribution in [3.05, 3.63) is 71.8 Å². The Bertz CT molecular complexity index is 508. The Morgan fingerprint density at radius 3 is 2.05 bits per heavy atom. The molecule has 1 atom stereocenters. The molecule has 0 saturated carbocycles. The van der Waals surface area contributed by atoms with Crippen LogP contribution in [0, 0.1) is 0 Å². The molecule has 112 valence electrons. The maximum atomic E-state index is 6.31. The Hall–Kier alpha value is -1.64. The molecule has 0 aliphatic heterocycles. The smallest absolute Gasteiger partial charge is 0.0307 e.